The van der Waals surface area contributed by atoms with Crippen LogP contribution in [-0.4, -0.2) is 23.6 Å². The smallest absolute Gasteiger partial charge is 0.413 e. The maximum Gasteiger partial charge on any atom is 0.413 e. The van der Waals surface area contributed by atoms with Crippen molar-refractivity contribution >= 4 is 45.8 Å². The number of aromatic nitrogens is 1. The lowest BCUT2D eigenvalue weighted by Gasteiger charge is -2.06. The van der Waals surface area contributed by atoms with Gasteiger partial charge in [-0.05, 0) is 24.1 Å². The number of rotatable bonds is 6. The van der Waals surface area contributed by atoms with E-state index < -0.39 is 11.9 Å². The summed E-state index contributed by atoms with van der Waals surface area (Å²) >= 11 is 6.86. The Hall–Kier alpha value is -2.19. The second-order valence-corrected chi connectivity index (χ2v) is 6.88. The van der Waals surface area contributed by atoms with E-state index in [9.17, 15) is 14.0 Å². The Balaban J connectivity index is 1.86. The Morgan fingerprint density at radius 2 is 2.12 bits per heavy atom. The normalized spacial score (nSPS) is 10.6. The number of carbonyl (C=O) groups is 2. The first-order chi connectivity index (χ1) is 11.8. The lowest BCUT2D eigenvalue weighted by atomic mass is 10.2. The maximum absolute atomic E-state index is 13.1. The zero-order valence-electron chi connectivity index (χ0n) is 13.6. The lowest BCUT2D eigenvalue weighted by molar-refractivity contribution is -0.115. The molecule has 134 valence electrons. The fourth-order valence-corrected chi connectivity index (χ4v) is 2.63. The third-order valence-corrected chi connectivity index (χ3v) is 3.95. The van der Waals surface area contributed by atoms with Gasteiger partial charge in [0.1, 0.15) is 5.82 Å². The van der Waals surface area contributed by atoms with Crippen LogP contribution < -0.4 is 10.6 Å². The van der Waals surface area contributed by atoms with Gasteiger partial charge in [0.25, 0.3) is 0 Å². The number of anilines is 2. The molecule has 2 aromatic rings. The molecule has 2 rings (SSSR count). The van der Waals surface area contributed by atoms with E-state index in [2.05, 4.69) is 15.6 Å². The van der Waals surface area contributed by atoms with Crippen molar-refractivity contribution < 1.29 is 18.7 Å². The summed E-state index contributed by atoms with van der Waals surface area (Å²) in [4.78, 5) is 27.7. The topological polar surface area (TPSA) is 80.3 Å². The minimum Gasteiger partial charge on any atom is -0.449 e. The van der Waals surface area contributed by atoms with E-state index in [0.29, 0.717) is 23.1 Å². The third-order valence-electron chi connectivity index (χ3n) is 2.85. The van der Waals surface area contributed by atoms with Gasteiger partial charge in [0, 0.05) is 11.1 Å². The first-order valence-corrected chi connectivity index (χ1v) is 8.72. The molecule has 0 saturated heterocycles. The molecule has 0 atom stereocenters. The molecule has 0 aliphatic rings. The largest absolute Gasteiger partial charge is 0.449 e. The number of amides is 2. The SMILES string of the molecule is CC(C)COC(=O)Nc1nc(CC(=O)Nc2ccc(F)c(Cl)c2)cs1. The van der Waals surface area contributed by atoms with E-state index in [1.165, 1.54) is 29.5 Å². The Kier molecular flexibility index (Phi) is 6.72. The van der Waals surface area contributed by atoms with Gasteiger partial charge in [0.05, 0.1) is 23.7 Å². The molecule has 0 unspecified atom stereocenters. The monoisotopic (exact) mass is 385 g/mol. The van der Waals surface area contributed by atoms with Crippen LogP contribution in [0.1, 0.15) is 19.5 Å². The van der Waals surface area contributed by atoms with E-state index in [4.69, 9.17) is 16.3 Å². The number of hydrogen-bond donors (Lipinski definition) is 2. The number of carbonyl (C=O) groups excluding carboxylic acids is 2. The van der Waals surface area contributed by atoms with Crippen LogP contribution in [0.2, 0.25) is 5.02 Å². The minimum atomic E-state index is -0.583. The van der Waals surface area contributed by atoms with E-state index in [0.717, 1.165) is 0 Å². The lowest BCUT2D eigenvalue weighted by Crippen LogP contribution is -2.17. The molecule has 0 fully saturated rings. The van der Waals surface area contributed by atoms with Crippen LogP contribution in [-0.2, 0) is 16.0 Å². The molecule has 0 radical (unpaired) electrons. The highest BCUT2D eigenvalue weighted by atomic mass is 35.5. The maximum atomic E-state index is 13.1. The average Bonchev–Trinajstić information content (AvgIpc) is 2.95. The van der Waals surface area contributed by atoms with Crippen LogP contribution in [0.5, 0.6) is 0 Å². The molecular weight excluding hydrogens is 369 g/mol. The Morgan fingerprint density at radius 1 is 1.36 bits per heavy atom. The van der Waals surface area contributed by atoms with Gasteiger partial charge in [-0.25, -0.2) is 14.2 Å². The summed E-state index contributed by atoms with van der Waals surface area (Å²) < 4.78 is 18.1. The molecule has 0 bridgehead atoms. The molecule has 0 aliphatic carbocycles. The van der Waals surface area contributed by atoms with Gasteiger partial charge in [-0.2, -0.15) is 0 Å². The van der Waals surface area contributed by atoms with Gasteiger partial charge in [0.2, 0.25) is 5.91 Å². The number of benzene rings is 1. The van der Waals surface area contributed by atoms with Gasteiger partial charge in [-0.15, -0.1) is 11.3 Å². The summed E-state index contributed by atoms with van der Waals surface area (Å²) in [6.45, 7) is 4.18. The van der Waals surface area contributed by atoms with Gasteiger partial charge in [-0.3, -0.25) is 10.1 Å². The molecule has 25 heavy (non-hydrogen) atoms. The van der Waals surface area contributed by atoms with Crippen LogP contribution >= 0.6 is 22.9 Å². The van der Waals surface area contributed by atoms with Crippen molar-refractivity contribution in [2.24, 2.45) is 5.92 Å². The number of hydrogen-bond acceptors (Lipinski definition) is 5. The third kappa shape index (κ3) is 6.32. The highest BCUT2D eigenvalue weighted by Gasteiger charge is 2.12. The predicted molar refractivity (Wildman–Crippen MR) is 95.7 cm³/mol. The standard InChI is InChI=1S/C16H17ClFN3O3S/c1-9(2)7-24-16(23)21-15-20-11(8-25-15)6-14(22)19-10-3-4-13(18)12(17)5-10/h3-5,8-9H,6-7H2,1-2H3,(H,19,22)(H,20,21,23). The minimum absolute atomic E-state index is 0.00815. The quantitative estimate of drug-likeness (QED) is 0.775. The van der Waals surface area contributed by atoms with Gasteiger partial charge in [-0.1, -0.05) is 25.4 Å². The Morgan fingerprint density at radius 3 is 2.80 bits per heavy atom. The summed E-state index contributed by atoms with van der Waals surface area (Å²) in [6.07, 6.45) is -0.575. The van der Waals surface area contributed by atoms with Crippen LogP contribution in [0.4, 0.5) is 20.0 Å². The number of halogens is 2. The predicted octanol–water partition coefficient (Wildman–Crippen LogP) is 4.32. The van der Waals surface area contributed by atoms with E-state index in [1.54, 1.807) is 5.38 Å². The molecule has 0 saturated carbocycles. The van der Waals surface area contributed by atoms with Crippen molar-refractivity contribution in [2.75, 3.05) is 17.2 Å². The molecule has 0 aliphatic heterocycles. The van der Waals surface area contributed by atoms with Crippen molar-refractivity contribution in [3.8, 4) is 0 Å². The zero-order chi connectivity index (χ0) is 18.4. The summed E-state index contributed by atoms with van der Waals surface area (Å²) in [7, 11) is 0. The van der Waals surface area contributed by atoms with E-state index in [-0.39, 0.29) is 23.3 Å². The molecule has 1 aromatic heterocycles. The van der Waals surface area contributed by atoms with E-state index in [1.807, 2.05) is 13.8 Å². The number of ether oxygens (including phenoxy) is 1. The highest BCUT2D eigenvalue weighted by molar-refractivity contribution is 7.13. The first-order valence-electron chi connectivity index (χ1n) is 7.46. The number of nitrogens with one attached hydrogen (secondary N) is 2. The molecule has 6 nitrogen and oxygen atoms in total. The number of thiazole rings is 1. The molecule has 0 spiro atoms. The Labute approximate surface area is 153 Å². The first kappa shape index (κ1) is 19.1. The molecule has 2 N–H and O–H groups in total. The van der Waals surface area contributed by atoms with Crippen molar-refractivity contribution in [1.82, 2.24) is 4.98 Å². The molecule has 9 heteroatoms. The van der Waals surface area contributed by atoms with Gasteiger partial charge in [0.15, 0.2) is 5.13 Å². The van der Waals surface area contributed by atoms with Gasteiger partial charge >= 0.3 is 6.09 Å². The second-order valence-electron chi connectivity index (χ2n) is 5.62. The van der Waals surface area contributed by atoms with E-state index >= 15 is 0 Å². The summed E-state index contributed by atoms with van der Waals surface area (Å²) in [5.74, 6) is -0.651. The van der Waals surface area contributed by atoms with Gasteiger partial charge < -0.3 is 10.1 Å². The highest BCUT2D eigenvalue weighted by Crippen LogP contribution is 2.20. The van der Waals surface area contributed by atoms with Crippen LogP contribution in [0.3, 0.4) is 0 Å². The second kappa shape index (κ2) is 8.77. The van der Waals surface area contributed by atoms with Crippen molar-refractivity contribution in [1.29, 1.82) is 0 Å². The molecule has 1 aromatic carbocycles. The molecule has 2 amide bonds. The van der Waals surface area contributed by atoms with Crippen molar-refractivity contribution in [3.05, 3.63) is 40.1 Å². The number of nitrogens with zero attached hydrogens (tertiary/aromatic N) is 1. The summed E-state index contributed by atoms with van der Waals surface area (Å²) in [5.41, 5.74) is 0.886. The Bertz CT molecular complexity index is 767. The average molecular weight is 386 g/mol. The molecule has 1 heterocycles. The molecular formula is C16H17ClFN3O3S. The zero-order valence-corrected chi connectivity index (χ0v) is 15.2. The fourth-order valence-electron chi connectivity index (χ4n) is 1.75. The fraction of sp³-hybridized carbons (Fsp3) is 0.312. The van der Waals surface area contributed by atoms with Crippen LogP contribution in [0.15, 0.2) is 23.6 Å². The van der Waals surface area contributed by atoms with Crippen molar-refractivity contribution in [3.63, 3.8) is 0 Å². The van der Waals surface area contributed by atoms with Crippen LogP contribution in [0, 0.1) is 11.7 Å². The summed E-state index contributed by atoms with van der Waals surface area (Å²) in [6, 6.07) is 3.91. The van der Waals surface area contributed by atoms with Crippen molar-refractivity contribution in [2.45, 2.75) is 20.3 Å². The summed E-state index contributed by atoms with van der Waals surface area (Å²) in [5, 5.41) is 7.05. The van der Waals surface area contributed by atoms with Crippen LogP contribution in [0.25, 0.3) is 0 Å².